The van der Waals surface area contributed by atoms with Crippen LogP contribution in [0.25, 0.3) is 0 Å². The third-order valence-corrected chi connectivity index (χ3v) is 1.67. The molecule has 0 rings (SSSR count). The van der Waals surface area contributed by atoms with Crippen LogP contribution in [0.3, 0.4) is 0 Å². The molecule has 0 amide bonds. The lowest BCUT2D eigenvalue weighted by Gasteiger charge is -2.15. The maximum absolute atomic E-state index is 11.3. The zero-order valence-corrected chi connectivity index (χ0v) is 8.37. The van der Waals surface area contributed by atoms with E-state index in [2.05, 4.69) is 0 Å². The van der Waals surface area contributed by atoms with Crippen LogP contribution in [-0.2, 0) is 9.59 Å². The number of rotatable bonds is 4. The van der Waals surface area contributed by atoms with E-state index in [1.165, 1.54) is 26.1 Å². The van der Waals surface area contributed by atoms with E-state index >= 15 is 0 Å². The van der Waals surface area contributed by atoms with Crippen LogP contribution >= 0.6 is 0 Å². The van der Waals surface area contributed by atoms with Crippen LogP contribution in [0.5, 0.6) is 0 Å². The quantitative estimate of drug-likeness (QED) is 0.518. The summed E-state index contributed by atoms with van der Waals surface area (Å²) in [4.78, 5) is 23.6. The highest BCUT2D eigenvalue weighted by molar-refractivity contribution is 6.07. The molecule has 0 heterocycles. The minimum atomic E-state index is -1.34. The first-order valence-corrected chi connectivity index (χ1v) is 3.91. The normalized spacial score (nSPS) is 11.7. The number of nitrogens with zero attached hydrogens (tertiary/aromatic N) is 1. The Morgan fingerprint density at radius 2 is 1.77 bits per heavy atom. The maximum Gasteiger partial charge on any atom is 0.316 e. The van der Waals surface area contributed by atoms with E-state index in [0.29, 0.717) is 0 Å². The van der Waals surface area contributed by atoms with Gasteiger partial charge in [0.15, 0.2) is 5.78 Å². The fourth-order valence-corrected chi connectivity index (χ4v) is 0.530. The average Bonchev–Trinajstić information content (AvgIpc) is 1.99. The molecule has 0 aromatic heterocycles. The van der Waals surface area contributed by atoms with Gasteiger partial charge in [0.05, 0.1) is 0 Å². The van der Waals surface area contributed by atoms with Gasteiger partial charge in [-0.15, -0.1) is 0 Å². The zero-order chi connectivity index (χ0) is 10.6. The average molecular weight is 185 g/mol. The van der Waals surface area contributed by atoms with Crippen molar-refractivity contribution in [2.45, 2.75) is 13.8 Å². The first-order chi connectivity index (χ1) is 5.78. The van der Waals surface area contributed by atoms with Gasteiger partial charge in [0, 0.05) is 20.3 Å². The van der Waals surface area contributed by atoms with E-state index in [1.54, 1.807) is 19.0 Å². The fourth-order valence-electron chi connectivity index (χ4n) is 0.530. The Morgan fingerprint density at radius 1 is 1.31 bits per heavy atom. The van der Waals surface area contributed by atoms with Crippen LogP contribution in [0.15, 0.2) is 12.3 Å². The van der Waals surface area contributed by atoms with Crippen LogP contribution in [0.2, 0.25) is 0 Å². The van der Waals surface area contributed by atoms with Crippen molar-refractivity contribution in [2.24, 2.45) is 5.41 Å². The third-order valence-electron chi connectivity index (χ3n) is 1.67. The molecule has 13 heavy (non-hydrogen) atoms. The highest BCUT2D eigenvalue weighted by atomic mass is 16.4. The van der Waals surface area contributed by atoms with Gasteiger partial charge >= 0.3 is 5.97 Å². The highest BCUT2D eigenvalue weighted by Gasteiger charge is 2.33. The Morgan fingerprint density at radius 3 is 2.08 bits per heavy atom. The van der Waals surface area contributed by atoms with E-state index in [9.17, 15) is 9.59 Å². The van der Waals surface area contributed by atoms with Crippen molar-refractivity contribution in [2.75, 3.05) is 14.1 Å². The molecule has 0 fully saturated rings. The molecule has 0 saturated heterocycles. The summed E-state index contributed by atoms with van der Waals surface area (Å²) in [7, 11) is 3.52. The summed E-state index contributed by atoms with van der Waals surface area (Å²) in [6.07, 6.45) is 2.81. The van der Waals surface area contributed by atoms with Crippen LogP contribution in [-0.4, -0.2) is 35.9 Å². The Balaban J connectivity index is 4.52. The number of aliphatic carboxylic acids is 1. The van der Waals surface area contributed by atoms with Crippen molar-refractivity contribution in [3.63, 3.8) is 0 Å². The van der Waals surface area contributed by atoms with E-state index < -0.39 is 17.2 Å². The van der Waals surface area contributed by atoms with Crippen molar-refractivity contribution in [1.29, 1.82) is 0 Å². The Hall–Kier alpha value is -1.32. The molecule has 4 heteroatoms. The van der Waals surface area contributed by atoms with Crippen LogP contribution in [0.4, 0.5) is 0 Å². The van der Waals surface area contributed by atoms with Gasteiger partial charge < -0.3 is 10.0 Å². The van der Waals surface area contributed by atoms with Gasteiger partial charge in [-0.25, -0.2) is 0 Å². The van der Waals surface area contributed by atoms with Gasteiger partial charge in [-0.3, -0.25) is 9.59 Å². The van der Waals surface area contributed by atoms with E-state index in [-0.39, 0.29) is 0 Å². The second-order valence-electron chi connectivity index (χ2n) is 3.57. The lowest BCUT2D eigenvalue weighted by atomic mass is 9.88. The van der Waals surface area contributed by atoms with Gasteiger partial charge in [0.1, 0.15) is 5.41 Å². The highest BCUT2D eigenvalue weighted by Crippen LogP contribution is 2.17. The standard InChI is InChI=1S/C9H15NO3/c1-9(2,8(12)13)7(11)5-6-10(3)4/h5-6H,1-4H3,(H,12,13)/b6-5+. The SMILES string of the molecule is CN(C)/C=C/C(=O)C(C)(C)C(=O)O. The van der Waals surface area contributed by atoms with Gasteiger partial charge in [0.25, 0.3) is 0 Å². The molecule has 0 aromatic rings. The second-order valence-corrected chi connectivity index (χ2v) is 3.57. The predicted molar refractivity (Wildman–Crippen MR) is 49.3 cm³/mol. The van der Waals surface area contributed by atoms with Crippen molar-refractivity contribution < 1.29 is 14.7 Å². The van der Waals surface area contributed by atoms with Gasteiger partial charge in [0.2, 0.25) is 0 Å². The maximum atomic E-state index is 11.3. The lowest BCUT2D eigenvalue weighted by Crippen LogP contribution is -2.32. The van der Waals surface area contributed by atoms with Crippen LogP contribution in [0, 0.1) is 5.41 Å². The Bertz CT molecular complexity index is 241. The summed E-state index contributed by atoms with van der Waals surface area (Å²) in [5.74, 6) is -1.52. The molecule has 0 saturated carbocycles. The molecular formula is C9H15NO3. The summed E-state index contributed by atoms with van der Waals surface area (Å²) in [5, 5.41) is 8.71. The molecule has 0 aliphatic rings. The molecule has 74 valence electrons. The summed E-state index contributed by atoms with van der Waals surface area (Å²) in [6.45, 7) is 2.77. The van der Waals surface area contributed by atoms with Crippen molar-refractivity contribution in [1.82, 2.24) is 4.90 Å². The largest absolute Gasteiger partial charge is 0.481 e. The first-order valence-electron chi connectivity index (χ1n) is 3.91. The smallest absolute Gasteiger partial charge is 0.316 e. The number of carbonyl (C=O) groups is 2. The Kier molecular flexibility index (Phi) is 3.66. The number of carboxylic acids is 1. The molecule has 0 radical (unpaired) electrons. The third kappa shape index (κ3) is 3.27. The molecule has 0 atom stereocenters. The van der Waals surface area contributed by atoms with Crippen molar-refractivity contribution in [3.05, 3.63) is 12.3 Å². The molecule has 0 unspecified atom stereocenters. The number of hydrogen-bond donors (Lipinski definition) is 1. The number of hydrogen-bond acceptors (Lipinski definition) is 3. The fraction of sp³-hybridized carbons (Fsp3) is 0.556. The van der Waals surface area contributed by atoms with E-state index in [1.807, 2.05) is 0 Å². The number of allylic oxidation sites excluding steroid dienone is 1. The summed E-state index contributed by atoms with van der Waals surface area (Å²) in [5.41, 5.74) is -1.34. The second kappa shape index (κ2) is 4.07. The summed E-state index contributed by atoms with van der Waals surface area (Å²) >= 11 is 0. The zero-order valence-electron chi connectivity index (χ0n) is 8.37. The van der Waals surface area contributed by atoms with E-state index in [0.717, 1.165) is 0 Å². The summed E-state index contributed by atoms with van der Waals surface area (Å²) < 4.78 is 0. The van der Waals surface area contributed by atoms with E-state index in [4.69, 9.17) is 5.11 Å². The molecule has 1 N–H and O–H groups in total. The lowest BCUT2D eigenvalue weighted by molar-refractivity contribution is -0.151. The molecule has 4 nitrogen and oxygen atoms in total. The minimum Gasteiger partial charge on any atom is -0.481 e. The van der Waals surface area contributed by atoms with Gasteiger partial charge in [-0.1, -0.05) is 0 Å². The number of carboxylic acid groups (broad SMARTS) is 1. The van der Waals surface area contributed by atoms with Gasteiger partial charge in [-0.05, 0) is 19.9 Å². The number of ketones is 1. The summed E-state index contributed by atoms with van der Waals surface area (Å²) in [6, 6.07) is 0. The predicted octanol–water partition coefficient (Wildman–Crippen LogP) is 0.742. The monoisotopic (exact) mass is 185 g/mol. The topological polar surface area (TPSA) is 57.6 Å². The molecule has 0 aliphatic carbocycles. The molecule has 0 aromatic carbocycles. The first kappa shape index (κ1) is 11.7. The van der Waals surface area contributed by atoms with Gasteiger partial charge in [-0.2, -0.15) is 0 Å². The van der Waals surface area contributed by atoms with Crippen LogP contribution < -0.4 is 0 Å². The van der Waals surface area contributed by atoms with Crippen molar-refractivity contribution >= 4 is 11.8 Å². The molecule has 0 spiro atoms. The molecule has 0 bridgehead atoms. The minimum absolute atomic E-state index is 0.409. The van der Waals surface area contributed by atoms with Crippen molar-refractivity contribution in [3.8, 4) is 0 Å². The van der Waals surface area contributed by atoms with Crippen LogP contribution in [0.1, 0.15) is 13.8 Å². The Labute approximate surface area is 77.8 Å². The molecular weight excluding hydrogens is 170 g/mol. The molecule has 0 aliphatic heterocycles. The number of carbonyl (C=O) groups excluding carboxylic acids is 1.